The Balaban J connectivity index is 1.15. The van der Waals surface area contributed by atoms with Crippen LogP contribution in [0, 0.1) is 5.41 Å². The average molecular weight is 521 g/mol. The lowest BCUT2D eigenvalue weighted by Crippen LogP contribution is -2.51. The van der Waals surface area contributed by atoms with Crippen molar-refractivity contribution in [3.05, 3.63) is 64.7 Å². The van der Waals surface area contributed by atoms with E-state index in [2.05, 4.69) is 51.1 Å². The molecule has 7 nitrogen and oxygen atoms in total. The molecule has 1 spiro atoms. The van der Waals surface area contributed by atoms with Crippen LogP contribution in [0.5, 0.6) is 5.75 Å². The molecular formula is C31H40N2O5. The molecule has 2 fully saturated rings. The van der Waals surface area contributed by atoms with Crippen LogP contribution in [0.15, 0.2) is 42.5 Å². The highest BCUT2D eigenvalue weighted by Gasteiger charge is 2.41. The van der Waals surface area contributed by atoms with E-state index in [0.717, 1.165) is 43.4 Å². The van der Waals surface area contributed by atoms with E-state index < -0.39 is 0 Å². The van der Waals surface area contributed by atoms with Crippen LogP contribution >= 0.6 is 0 Å². The normalized spacial score (nSPS) is 19.0. The van der Waals surface area contributed by atoms with Gasteiger partial charge in [0.1, 0.15) is 11.4 Å². The van der Waals surface area contributed by atoms with Crippen LogP contribution in [0.4, 0.5) is 4.79 Å². The Kier molecular flexibility index (Phi) is 7.66. The van der Waals surface area contributed by atoms with Gasteiger partial charge in [0, 0.05) is 44.6 Å². The van der Waals surface area contributed by atoms with Gasteiger partial charge in [0.15, 0.2) is 0 Å². The molecule has 0 radical (unpaired) electrons. The van der Waals surface area contributed by atoms with Crippen molar-refractivity contribution in [2.45, 2.75) is 58.5 Å². The molecule has 2 aromatic carbocycles. The summed E-state index contributed by atoms with van der Waals surface area (Å²) in [6, 6.07) is 14.5. The minimum atomic E-state index is -0.214. The maximum atomic E-state index is 12.7. The van der Waals surface area contributed by atoms with Gasteiger partial charge in [-0.25, -0.2) is 4.79 Å². The summed E-state index contributed by atoms with van der Waals surface area (Å²) in [4.78, 5) is 28.8. The molecule has 3 aliphatic heterocycles. The summed E-state index contributed by atoms with van der Waals surface area (Å²) >= 11 is 0. The number of rotatable bonds is 4. The molecular weight excluding hydrogens is 480 g/mol. The molecule has 3 heterocycles. The van der Waals surface area contributed by atoms with Crippen molar-refractivity contribution in [3.8, 4) is 5.75 Å². The van der Waals surface area contributed by atoms with Crippen molar-refractivity contribution >= 4 is 12.0 Å². The summed E-state index contributed by atoms with van der Waals surface area (Å²) in [7, 11) is 0. The quantitative estimate of drug-likeness (QED) is 0.562. The first-order valence-electron chi connectivity index (χ1n) is 13.9. The number of amides is 2. The number of piperidine rings is 1. The van der Waals surface area contributed by atoms with E-state index in [9.17, 15) is 9.59 Å². The summed E-state index contributed by atoms with van der Waals surface area (Å²) in [5.41, 5.74) is 4.17. The number of morpholine rings is 1. The molecule has 7 heteroatoms. The highest BCUT2D eigenvalue weighted by atomic mass is 16.6. The molecule has 2 aromatic rings. The Hall–Kier alpha value is -3.06. The molecule has 5 rings (SSSR count). The second kappa shape index (κ2) is 11.0. The minimum Gasteiger partial charge on any atom is -0.487 e. The van der Waals surface area contributed by atoms with Gasteiger partial charge in [-0.05, 0) is 59.6 Å². The molecule has 0 bridgehead atoms. The standard InChI is InChI=1S/C31H40N2O5/c1-30(2,3)22-37-29(35)33-14-12-31(13-15-33)11-10-26-21-24(6-9-27(26)38-31)20-23-4-7-25(8-5-23)28(34)32-16-18-36-19-17-32/h4-9,21H,10-20,22H2,1-3H3. The first-order valence-corrected chi connectivity index (χ1v) is 13.9. The number of ether oxygens (including phenoxy) is 3. The molecule has 3 aliphatic rings. The molecule has 0 saturated carbocycles. The van der Waals surface area contributed by atoms with Crippen molar-refractivity contribution in [1.82, 2.24) is 9.80 Å². The number of nitrogens with zero attached hydrogens (tertiary/aromatic N) is 2. The Bertz CT molecular complexity index is 1140. The maximum Gasteiger partial charge on any atom is 0.409 e. The Morgan fingerprint density at radius 3 is 2.26 bits per heavy atom. The van der Waals surface area contributed by atoms with E-state index in [4.69, 9.17) is 14.2 Å². The van der Waals surface area contributed by atoms with Crippen LogP contribution < -0.4 is 4.74 Å². The molecule has 2 amide bonds. The topological polar surface area (TPSA) is 68.3 Å². The summed E-state index contributed by atoms with van der Waals surface area (Å²) < 4.78 is 17.4. The van der Waals surface area contributed by atoms with E-state index in [1.165, 1.54) is 16.7 Å². The third-order valence-corrected chi connectivity index (χ3v) is 7.77. The van der Waals surface area contributed by atoms with Crippen molar-refractivity contribution in [3.63, 3.8) is 0 Å². The average Bonchev–Trinajstić information content (AvgIpc) is 2.92. The summed E-state index contributed by atoms with van der Waals surface area (Å²) in [5, 5.41) is 0. The van der Waals surface area contributed by atoms with Gasteiger partial charge in [0.25, 0.3) is 5.91 Å². The number of aryl methyl sites for hydroxylation is 1. The largest absolute Gasteiger partial charge is 0.487 e. The van der Waals surface area contributed by atoms with E-state index in [1.54, 1.807) is 0 Å². The van der Waals surface area contributed by atoms with Gasteiger partial charge in [-0.15, -0.1) is 0 Å². The Morgan fingerprint density at radius 1 is 0.895 bits per heavy atom. The lowest BCUT2D eigenvalue weighted by Gasteiger charge is -2.44. The van der Waals surface area contributed by atoms with Crippen LogP contribution in [0.1, 0.15) is 67.1 Å². The molecule has 0 aliphatic carbocycles. The zero-order valence-electron chi connectivity index (χ0n) is 23.0. The van der Waals surface area contributed by atoms with Gasteiger partial charge in [-0.3, -0.25) is 4.79 Å². The minimum absolute atomic E-state index is 0.0345. The fraction of sp³-hybridized carbons (Fsp3) is 0.548. The number of hydrogen-bond acceptors (Lipinski definition) is 5. The van der Waals surface area contributed by atoms with Crippen LogP contribution in [-0.4, -0.2) is 73.4 Å². The molecule has 0 unspecified atom stereocenters. The fourth-order valence-corrected chi connectivity index (χ4v) is 5.45. The fourth-order valence-electron chi connectivity index (χ4n) is 5.45. The number of fused-ring (bicyclic) bond motifs is 1. The predicted octanol–water partition coefficient (Wildman–Crippen LogP) is 5.09. The zero-order valence-corrected chi connectivity index (χ0v) is 23.0. The van der Waals surface area contributed by atoms with Gasteiger partial charge in [-0.1, -0.05) is 45.0 Å². The number of carbonyl (C=O) groups is 2. The lowest BCUT2D eigenvalue weighted by atomic mass is 9.83. The number of likely N-dealkylation sites (tertiary alicyclic amines) is 1. The summed E-state index contributed by atoms with van der Waals surface area (Å²) in [6.45, 7) is 10.5. The zero-order chi connectivity index (χ0) is 26.8. The van der Waals surface area contributed by atoms with Crippen LogP contribution in [0.2, 0.25) is 0 Å². The van der Waals surface area contributed by atoms with Gasteiger partial charge in [0.05, 0.1) is 19.8 Å². The summed E-state index contributed by atoms with van der Waals surface area (Å²) in [5.74, 6) is 1.04. The smallest absolute Gasteiger partial charge is 0.409 e. The Morgan fingerprint density at radius 2 is 1.58 bits per heavy atom. The lowest BCUT2D eigenvalue weighted by molar-refractivity contribution is -0.0172. The maximum absolute atomic E-state index is 12.7. The first kappa shape index (κ1) is 26.5. The van der Waals surface area contributed by atoms with E-state index in [0.29, 0.717) is 46.0 Å². The highest BCUT2D eigenvalue weighted by molar-refractivity contribution is 5.94. The third kappa shape index (κ3) is 6.32. The second-order valence-electron chi connectivity index (χ2n) is 12.1. The van der Waals surface area contributed by atoms with Gasteiger partial charge >= 0.3 is 6.09 Å². The SMILES string of the molecule is CC(C)(C)COC(=O)N1CCC2(CCc3cc(Cc4ccc(C(=O)N5CCOCC5)cc4)ccc3O2)CC1. The van der Waals surface area contributed by atoms with E-state index in [1.807, 2.05) is 21.9 Å². The van der Waals surface area contributed by atoms with Crippen molar-refractivity contribution in [2.75, 3.05) is 46.0 Å². The number of benzene rings is 2. The molecule has 0 atom stereocenters. The predicted molar refractivity (Wildman–Crippen MR) is 146 cm³/mol. The number of hydrogen-bond donors (Lipinski definition) is 0. The van der Waals surface area contributed by atoms with Crippen LogP contribution in [0.25, 0.3) is 0 Å². The molecule has 2 saturated heterocycles. The molecule has 204 valence electrons. The first-order chi connectivity index (χ1) is 18.2. The van der Waals surface area contributed by atoms with Crippen molar-refractivity contribution in [2.24, 2.45) is 5.41 Å². The Labute approximate surface area is 226 Å². The van der Waals surface area contributed by atoms with E-state index in [-0.39, 0.29) is 23.0 Å². The summed E-state index contributed by atoms with van der Waals surface area (Å²) in [6.07, 6.45) is 4.20. The number of carbonyl (C=O) groups excluding carboxylic acids is 2. The molecule has 0 aromatic heterocycles. The van der Waals surface area contributed by atoms with Crippen LogP contribution in [-0.2, 0) is 22.3 Å². The van der Waals surface area contributed by atoms with Crippen LogP contribution in [0.3, 0.4) is 0 Å². The third-order valence-electron chi connectivity index (χ3n) is 7.77. The van der Waals surface area contributed by atoms with Gasteiger partial charge in [0.2, 0.25) is 0 Å². The monoisotopic (exact) mass is 520 g/mol. The van der Waals surface area contributed by atoms with Crippen molar-refractivity contribution < 1.29 is 23.8 Å². The highest BCUT2D eigenvalue weighted by Crippen LogP contribution is 2.40. The van der Waals surface area contributed by atoms with E-state index >= 15 is 0 Å². The molecule has 0 N–H and O–H groups in total. The van der Waals surface area contributed by atoms with Crippen molar-refractivity contribution in [1.29, 1.82) is 0 Å². The molecule has 38 heavy (non-hydrogen) atoms. The van der Waals surface area contributed by atoms with Gasteiger partial charge < -0.3 is 24.0 Å². The van der Waals surface area contributed by atoms with Gasteiger partial charge in [-0.2, -0.15) is 0 Å². The second-order valence-corrected chi connectivity index (χ2v) is 12.1.